The summed E-state index contributed by atoms with van der Waals surface area (Å²) in [6, 6.07) is 15.6. The number of H-pyrrole nitrogens is 1. The normalized spacial score (nSPS) is 17.5. The first-order chi connectivity index (χ1) is 12.0. The van der Waals surface area contributed by atoms with Crippen molar-refractivity contribution in [3.05, 3.63) is 64.8 Å². The van der Waals surface area contributed by atoms with Crippen molar-refractivity contribution in [2.24, 2.45) is 0 Å². The Kier molecular flexibility index (Phi) is 3.84. The summed E-state index contributed by atoms with van der Waals surface area (Å²) in [6.45, 7) is 7.75. The number of hydrogen-bond donors (Lipinski definition) is 2. The lowest BCUT2D eigenvalue weighted by molar-refractivity contribution is 0.415. The van der Waals surface area contributed by atoms with Gasteiger partial charge in [-0.3, -0.25) is 0 Å². The maximum absolute atomic E-state index is 5.41. The zero-order valence-electron chi connectivity index (χ0n) is 15.4. The fraction of sp³-hybridized carbons (Fsp3) is 0.364. The second-order valence-corrected chi connectivity index (χ2v) is 7.94. The predicted octanol–water partition coefficient (Wildman–Crippen LogP) is 4.71. The number of nitrogens with one attached hydrogen (secondary N) is 2. The minimum absolute atomic E-state index is 0.182. The van der Waals surface area contributed by atoms with Crippen LogP contribution in [0.3, 0.4) is 0 Å². The Labute approximate surface area is 149 Å². The van der Waals surface area contributed by atoms with Gasteiger partial charge in [0.15, 0.2) is 0 Å². The van der Waals surface area contributed by atoms with Gasteiger partial charge in [-0.05, 0) is 46.7 Å². The monoisotopic (exact) mass is 334 g/mol. The van der Waals surface area contributed by atoms with E-state index in [4.69, 9.17) is 4.74 Å². The molecule has 4 rings (SSSR count). The minimum Gasteiger partial charge on any atom is -0.497 e. The smallest absolute Gasteiger partial charge is 0.119 e. The van der Waals surface area contributed by atoms with E-state index in [2.05, 4.69) is 67.5 Å². The molecule has 3 nitrogen and oxygen atoms in total. The van der Waals surface area contributed by atoms with Crippen molar-refractivity contribution in [2.75, 3.05) is 13.7 Å². The molecule has 1 aliphatic heterocycles. The Morgan fingerprint density at radius 1 is 1.04 bits per heavy atom. The molecule has 3 heteroatoms. The summed E-state index contributed by atoms with van der Waals surface area (Å²) >= 11 is 0. The summed E-state index contributed by atoms with van der Waals surface area (Å²) in [4.78, 5) is 3.64. The zero-order chi connectivity index (χ0) is 17.6. The van der Waals surface area contributed by atoms with Crippen LogP contribution in [0.2, 0.25) is 0 Å². The van der Waals surface area contributed by atoms with Gasteiger partial charge in [-0.25, -0.2) is 0 Å². The molecule has 0 saturated carbocycles. The van der Waals surface area contributed by atoms with Crippen molar-refractivity contribution in [1.29, 1.82) is 0 Å². The maximum atomic E-state index is 5.41. The molecule has 3 aromatic rings. The quantitative estimate of drug-likeness (QED) is 0.712. The van der Waals surface area contributed by atoms with E-state index in [0.717, 1.165) is 18.7 Å². The van der Waals surface area contributed by atoms with E-state index in [1.54, 1.807) is 7.11 Å². The van der Waals surface area contributed by atoms with E-state index in [0.29, 0.717) is 0 Å². The molecule has 0 fully saturated rings. The lowest BCUT2D eigenvalue weighted by Gasteiger charge is -2.26. The Hall–Kier alpha value is -2.26. The van der Waals surface area contributed by atoms with E-state index in [1.807, 2.05) is 6.07 Å². The lowest BCUT2D eigenvalue weighted by atomic mass is 9.85. The van der Waals surface area contributed by atoms with Crippen molar-refractivity contribution in [2.45, 2.75) is 38.6 Å². The first-order valence-corrected chi connectivity index (χ1v) is 8.99. The van der Waals surface area contributed by atoms with Crippen LogP contribution < -0.4 is 10.1 Å². The van der Waals surface area contributed by atoms with Crippen LogP contribution in [0.5, 0.6) is 5.75 Å². The van der Waals surface area contributed by atoms with Gasteiger partial charge in [0.2, 0.25) is 0 Å². The second kappa shape index (κ2) is 5.92. The molecule has 0 radical (unpaired) electrons. The first-order valence-electron chi connectivity index (χ1n) is 8.99. The van der Waals surface area contributed by atoms with Gasteiger partial charge in [0.1, 0.15) is 5.75 Å². The van der Waals surface area contributed by atoms with Gasteiger partial charge in [0.05, 0.1) is 13.2 Å². The molecule has 1 aliphatic rings. The van der Waals surface area contributed by atoms with Crippen LogP contribution in [0.15, 0.2) is 42.5 Å². The van der Waals surface area contributed by atoms with Gasteiger partial charge >= 0.3 is 0 Å². The number of rotatable bonds is 2. The highest BCUT2D eigenvalue weighted by Crippen LogP contribution is 2.35. The fourth-order valence-corrected chi connectivity index (χ4v) is 3.79. The van der Waals surface area contributed by atoms with Crippen molar-refractivity contribution < 1.29 is 4.74 Å². The summed E-state index contributed by atoms with van der Waals surface area (Å²) in [6.07, 6.45) is 1.04. The van der Waals surface area contributed by atoms with Gasteiger partial charge < -0.3 is 15.0 Å². The molecule has 2 heterocycles. The number of hydrogen-bond acceptors (Lipinski definition) is 2. The Balaban J connectivity index is 1.77. The number of fused-ring (bicyclic) bond motifs is 3. The third-order valence-electron chi connectivity index (χ3n) is 5.27. The predicted molar refractivity (Wildman–Crippen MR) is 104 cm³/mol. The largest absolute Gasteiger partial charge is 0.497 e. The molecular weight excluding hydrogens is 308 g/mol. The molecule has 1 aromatic heterocycles. The van der Waals surface area contributed by atoms with Crippen molar-refractivity contribution >= 4 is 10.9 Å². The molecular formula is C22H26N2O. The average Bonchev–Trinajstić information content (AvgIpc) is 2.99. The minimum atomic E-state index is 0.182. The van der Waals surface area contributed by atoms with Gasteiger partial charge in [-0.1, -0.05) is 45.0 Å². The number of aromatic amines is 1. The second-order valence-electron chi connectivity index (χ2n) is 7.94. The van der Waals surface area contributed by atoms with Crippen molar-refractivity contribution in [1.82, 2.24) is 10.3 Å². The topological polar surface area (TPSA) is 37.0 Å². The lowest BCUT2D eigenvalue weighted by Crippen LogP contribution is -2.30. The molecule has 2 aromatic carbocycles. The zero-order valence-corrected chi connectivity index (χ0v) is 15.4. The van der Waals surface area contributed by atoms with E-state index in [-0.39, 0.29) is 11.5 Å². The molecule has 0 aliphatic carbocycles. The molecule has 130 valence electrons. The summed E-state index contributed by atoms with van der Waals surface area (Å²) in [5, 5.41) is 4.96. The molecule has 1 atom stereocenters. The average molecular weight is 334 g/mol. The van der Waals surface area contributed by atoms with Crippen LogP contribution in [0.25, 0.3) is 10.9 Å². The van der Waals surface area contributed by atoms with Crippen LogP contribution in [0.4, 0.5) is 0 Å². The van der Waals surface area contributed by atoms with Crippen LogP contribution in [0, 0.1) is 0 Å². The summed E-state index contributed by atoms with van der Waals surface area (Å²) in [5.41, 5.74) is 6.75. The SMILES string of the molecule is COc1ccc2[nH]c3c(c2c1)CCNC3c1ccc(C(C)(C)C)cc1. The summed E-state index contributed by atoms with van der Waals surface area (Å²) in [7, 11) is 1.72. The van der Waals surface area contributed by atoms with E-state index >= 15 is 0 Å². The third-order valence-corrected chi connectivity index (χ3v) is 5.27. The van der Waals surface area contributed by atoms with Gasteiger partial charge in [-0.15, -0.1) is 0 Å². The van der Waals surface area contributed by atoms with Crippen LogP contribution in [-0.2, 0) is 11.8 Å². The molecule has 2 N–H and O–H groups in total. The Morgan fingerprint density at radius 3 is 2.48 bits per heavy atom. The number of aromatic nitrogens is 1. The molecule has 0 saturated heterocycles. The first kappa shape index (κ1) is 16.2. The fourth-order valence-electron chi connectivity index (χ4n) is 3.79. The van der Waals surface area contributed by atoms with Gasteiger partial charge in [0, 0.05) is 23.1 Å². The summed E-state index contributed by atoms with van der Waals surface area (Å²) in [5.74, 6) is 0.916. The Bertz CT molecular complexity index is 900. The number of ether oxygens (including phenoxy) is 1. The van der Waals surface area contributed by atoms with Crippen molar-refractivity contribution in [3.8, 4) is 5.75 Å². The van der Waals surface area contributed by atoms with Crippen LogP contribution >= 0.6 is 0 Å². The van der Waals surface area contributed by atoms with Crippen LogP contribution in [0.1, 0.15) is 49.2 Å². The van der Waals surface area contributed by atoms with E-state index in [1.165, 1.54) is 33.3 Å². The number of methoxy groups -OCH3 is 1. The molecule has 1 unspecified atom stereocenters. The molecule has 25 heavy (non-hydrogen) atoms. The maximum Gasteiger partial charge on any atom is 0.119 e. The van der Waals surface area contributed by atoms with Crippen LogP contribution in [-0.4, -0.2) is 18.6 Å². The van der Waals surface area contributed by atoms with E-state index in [9.17, 15) is 0 Å². The van der Waals surface area contributed by atoms with Gasteiger partial charge in [-0.2, -0.15) is 0 Å². The van der Waals surface area contributed by atoms with Gasteiger partial charge in [0.25, 0.3) is 0 Å². The Morgan fingerprint density at radius 2 is 1.80 bits per heavy atom. The third kappa shape index (κ3) is 2.83. The highest BCUT2D eigenvalue weighted by molar-refractivity contribution is 5.86. The molecule has 0 bridgehead atoms. The summed E-state index contributed by atoms with van der Waals surface area (Å²) < 4.78 is 5.41. The standard InChI is InChI=1S/C22H26N2O/c1-22(2,3)15-7-5-14(6-8-15)20-21-17(11-12-23-20)18-13-16(25-4)9-10-19(18)24-21/h5-10,13,20,23-24H,11-12H2,1-4H3. The van der Waals surface area contributed by atoms with E-state index < -0.39 is 0 Å². The highest BCUT2D eigenvalue weighted by atomic mass is 16.5. The molecule has 0 spiro atoms. The van der Waals surface area contributed by atoms with Crippen molar-refractivity contribution in [3.63, 3.8) is 0 Å². The highest BCUT2D eigenvalue weighted by Gasteiger charge is 2.25. The number of benzene rings is 2. The molecule has 0 amide bonds.